The second-order valence-electron chi connectivity index (χ2n) is 4.12. The van der Waals surface area contributed by atoms with Gasteiger partial charge in [-0.1, -0.05) is 17.3 Å². The van der Waals surface area contributed by atoms with Gasteiger partial charge in [0, 0.05) is 12.5 Å². The van der Waals surface area contributed by atoms with E-state index in [4.69, 9.17) is 15.0 Å². The monoisotopic (exact) mass is 247 g/mol. The summed E-state index contributed by atoms with van der Waals surface area (Å²) in [5.74, 6) is 1.84. The Kier molecular flexibility index (Phi) is 3.94. The minimum Gasteiger partial charge on any atom is -0.493 e. The van der Waals surface area contributed by atoms with E-state index in [9.17, 15) is 0 Å². The van der Waals surface area contributed by atoms with Crippen LogP contribution in [0.15, 0.2) is 28.8 Å². The highest BCUT2D eigenvalue weighted by Crippen LogP contribution is 2.27. The maximum atomic E-state index is 5.70. The average molecular weight is 247 g/mol. The fraction of sp³-hybridized carbons (Fsp3) is 0.385. The van der Waals surface area contributed by atoms with Crippen LogP contribution in [0.2, 0.25) is 0 Å². The van der Waals surface area contributed by atoms with Crippen LogP contribution in [0.25, 0.3) is 11.4 Å². The number of nitrogens with zero attached hydrogens (tertiary/aromatic N) is 2. The Morgan fingerprint density at radius 1 is 1.39 bits per heavy atom. The summed E-state index contributed by atoms with van der Waals surface area (Å²) in [6, 6.07) is 7.63. The van der Waals surface area contributed by atoms with E-state index in [0.29, 0.717) is 24.7 Å². The first-order valence-electron chi connectivity index (χ1n) is 6.01. The van der Waals surface area contributed by atoms with Crippen molar-refractivity contribution in [2.45, 2.75) is 26.3 Å². The SMILES string of the molecule is CCOc1ccccc1-c1noc(CC(C)N)n1. The van der Waals surface area contributed by atoms with Crippen LogP contribution in [0, 0.1) is 0 Å². The Morgan fingerprint density at radius 2 is 2.17 bits per heavy atom. The molecule has 0 radical (unpaired) electrons. The van der Waals surface area contributed by atoms with Crippen molar-refractivity contribution >= 4 is 0 Å². The lowest BCUT2D eigenvalue weighted by Crippen LogP contribution is -2.17. The number of ether oxygens (including phenoxy) is 1. The largest absolute Gasteiger partial charge is 0.493 e. The molecule has 1 heterocycles. The molecule has 1 aromatic carbocycles. The summed E-state index contributed by atoms with van der Waals surface area (Å²) in [6.07, 6.45) is 0.573. The van der Waals surface area contributed by atoms with E-state index in [1.165, 1.54) is 0 Å². The number of hydrogen-bond acceptors (Lipinski definition) is 5. The molecule has 0 aliphatic rings. The molecule has 96 valence electrons. The van der Waals surface area contributed by atoms with Crippen molar-refractivity contribution in [2.75, 3.05) is 6.61 Å². The van der Waals surface area contributed by atoms with Gasteiger partial charge in [0.05, 0.1) is 12.2 Å². The highest BCUT2D eigenvalue weighted by atomic mass is 16.5. The number of hydrogen-bond donors (Lipinski definition) is 1. The third-order valence-electron chi connectivity index (χ3n) is 2.39. The van der Waals surface area contributed by atoms with Crippen LogP contribution < -0.4 is 10.5 Å². The van der Waals surface area contributed by atoms with Crippen molar-refractivity contribution in [3.8, 4) is 17.1 Å². The summed E-state index contributed by atoms with van der Waals surface area (Å²) in [5.41, 5.74) is 6.53. The van der Waals surface area contributed by atoms with Crippen LogP contribution in [0.5, 0.6) is 5.75 Å². The van der Waals surface area contributed by atoms with Crippen LogP contribution in [0.4, 0.5) is 0 Å². The minimum absolute atomic E-state index is 0.000403. The van der Waals surface area contributed by atoms with Crippen LogP contribution in [0.1, 0.15) is 19.7 Å². The third-order valence-corrected chi connectivity index (χ3v) is 2.39. The van der Waals surface area contributed by atoms with Gasteiger partial charge in [0.1, 0.15) is 5.75 Å². The highest BCUT2D eigenvalue weighted by molar-refractivity contribution is 5.63. The molecule has 1 atom stereocenters. The molecular weight excluding hydrogens is 230 g/mol. The summed E-state index contributed by atoms with van der Waals surface area (Å²) in [6.45, 7) is 4.44. The first-order chi connectivity index (χ1) is 8.70. The Morgan fingerprint density at radius 3 is 2.89 bits per heavy atom. The lowest BCUT2D eigenvalue weighted by Gasteiger charge is -2.06. The molecule has 2 rings (SSSR count). The molecule has 0 saturated heterocycles. The topological polar surface area (TPSA) is 74.2 Å². The lowest BCUT2D eigenvalue weighted by atomic mass is 10.2. The second kappa shape index (κ2) is 5.64. The van der Waals surface area contributed by atoms with Gasteiger partial charge in [-0.25, -0.2) is 0 Å². The van der Waals surface area contributed by atoms with Crippen LogP contribution in [-0.4, -0.2) is 22.8 Å². The van der Waals surface area contributed by atoms with Gasteiger partial charge >= 0.3 is 0 Å². The number of benzene rings is 1. The average Bonchev–Trinajstić information content (AvgIpc) is 2.77. The Bertz CT molecular complexity index is 508. The van der Waals surface area contributed by atoms with Crippen molar-refractivity contribution in [3.05, 3.63) is 30.2 Å². The molecular formula is C13H17N3O2. The number of para-hydroxylation sites is 1. The summed E-state index contributed by atoms with van der Waals surface area (Å²) in [4.78, 5) is 4.33. The zero-order valence-corrected chi connectivity index (χ0v) is 10.6. The molecule has 5 heteroatoms. The van der Waals surface area contributed by atoms with Gasteiger partial charge in [-0.15, -0.1) is 0 Å². The van der Waals surface area contributed by atoms with E-state index in [2.05, 4.69) is 10.1 Å². The first-order valence-corrected chi connectivity index (χ1v) is 6.01. The molecule has 0 aliphatic carbocycles. The van der Waals surface area contributed by atoms with Gasteiger partial charge in [-0.3, -0.25) is 0 Å². The van der Waals surface area contributed by atoms with Crippen molar-refractivity contribution in [2.24, 2.45) is 5.73 Å². The molecule has 18 heavy (non-hydrogen) atoms. The third kappa shape index (κ3) is 2.87. The maximum Gasteiger partial charge on any atom is 0.228 e. The van der Waals surface area contributed by atoms with Gasteiger partial charge in [0.2, 0.25) is 11.7 Å². The molecule has 5 nitrogen and oxygen atoms in total. The summed E-state index contributed by atoms with van der Waals surface area (Å²) >= 11 is 0. The van der Waals surface area contributed by atoms with E-state index in [-0.39, 0.29) is 6.04 Å². The molecule has 2 N–H and O–H groups in total. The standard InChI is InChI=1S/C13H17N3O2/c1-3-17-11-7-5-4-6-10(11)13-15-12(18-16-13)8-9(2)14/h4-7,9H,3,8,14H2,1-2H3. The van der Waals surface area contributed by atoms with E-state index < -0.39 is 0 Å². The van der Waals surface area contributed by atoms with Gasteiger partial charge in [0.25, 0.3) is 0 Å². The number of rotatable bonds is 5. The molecule has 0 aliphatic heterocycles. The molecule has 2 aromatic rings. The summed E-state index contributed by atoms with van der Waals surface area (Å²) < 4.78 is 10.7. The molecule has 0 amide bonds. The molecule has 1 unspecified atom stereocenters. The van der Waals surface area contributed by atoms with Crippen molar-refractivity contribution in [1.82, 2.24) is 10.1 Å². The van der Waals surface area contributed by atoms with E-state index in [1.54, 1.807) is 0 Å². The Labute approximate surface area is 106 Å². The molecule has 0 bridgehead atoms. The van der Waals surface area contributed by atoms with Crippen molar-refractivity contribution < 1.29 is 9.26 Å². The fourth-order valence-corrected chi connectivity index (χ4v) is 1.66. The summed E-state index contributed by atoms with van der Waals surface area (Å²) in [7, 11) is 0. The van der Waals surface area contributed by atoms with Crippen molar-refractivity contribution in [3.63, 3.8) is 0 Å². The fourth-order valence-electron chi connectivity index (χ4n) is 1.66. The predicted molar refractivity (Wildman–Crippen MR) is 68.3 cm³/mol. The summed E-state index contributed by atoms with van der Waals surface area (Å²) in [5, 5.41) is 3.96. The van der Waals surface area contributed by atoms with E-state index >= 15 is 0 Å². The molecule has 1 aromatic heterocycles. The van der Waals surface area contributed by atoms with Crippen LogP contribution >= 0.6 is 0 Å². The normalized spacial score (nSPS) is 12.4. The maximum absolute atomic E-state index is 5.70. The Hall–Kier alpha value is -1.88. The van der Waals surface area contributed by atoms with Gasteiger partial charge in [-0.05, 0) is 26.0 Å². The molecule has 0 spiro atoms. The van der Waals surface area contributed by atoms with E-state index in [1.807, 2.05) is 38.1 Å². The number of aromatic nitrogens is 2. The zero-order valence-electron chi connectivity index (χ0n) is 10.6. The Balaban J connectivity index is 2.28. The van der Waals surface area contributed by atoms with E-state index in [0.717, 1.165) is 11.3 Å². The quantitative estimate of drug-likeness (QED) is 0.875. The minimum atomic E-state index is 0.000403. The van der Waals surface area contributed by atoms with Crippen molar-refractivity contribution in [1.29, 1.82) is 0 Å². The van der Waals surface area contributed by atoms with Crippen LogP contribution in [0.3, 0.4) is 0 Å². The van der Waals surface area contributed by atoms with Gasteiger partial charge in [0.15, 0.2) is 0 Å². The number of nitrogens with two attached hydrogens (primary N) is 1. The molecule has 0 fully saturated rings. The van der Waals surface area contributed by atoms with Crippen LogP contribution in [-0.2, 0) is 6.42 Å². The molecule has 0 saturated carbocycles. The zero-order chi connectivity index (χ0) is 13.0. The predicted octanol–water partition coefficient (Wildman–Crippen LogP) is 2.02. The van der Waals surface area contributed by atoms with Gasteiger partial charge in [-0.2, -0.15) is 4.98 Å². The smallest absolute Gasteiger partial charge is 0.228 e. The highest BCUT2D eigenvalue weighted by Gasteiger charge is 2.13. The lowest BCUT2D eigenvalue weighted by molar-refractivity contribution is 0.340. The first kappa shape index (κ1) is 12.6. The van der Waals surface area contributed by atoms with Gasteiger partial charge < -0.3 is 15.0 Å². The second-order valence-corrected chi connectivity index (χ2v) is 4.12.